The van der Waals surface area contributed by atoms with Gasteiger partial charge in [-0.15, -0.1) is 0 Å². The number of methoxy groups -OCH3 is 1. The van der Waals surface area contributed by atoms with Crippen molar-refractivity contribution in [1.29, 1.82) is 0 Å². The van der Waals surface area contributed by atoms with E-state index in [1.807, 2.05) is 0 Å². The van der Waals surface area contributed by atoms with Crippen molar-refractivity contribution in [3.63, 3.8) is 0 Å². The predicted molar refractivity (Wildman–Crippen MR) is 47.6 cm³/mol. The third-order valence-electron chi connectivity index (χ3n) is 1.55. The van der Waals surface area contributed by atoms with Gasteiger partial charge in [0.05, 0.1) is 0 Å². The molecule has 0 fully saturated rings. The van der Waals surface area contributed by atoms with Crippen LogP contribution in [0.25, 0.3) is 0 Å². The summed E-state index contributed by atoms with van der Waals surface area (Å²) in [7, 11) is 1.72. The molecular weight excluding hydrogens is 370 g/mol. The van der Waals surface area contributed by atoms with Gasteiger partial charge in [0.2, 0.25) is 0 Å². The summed E-state index contributed by atoms with van der Waals surface area (Å²) >= 11 is -0.675. The van der Waals surface area contributed by atoms with Gasteiger partial charge in [0.15, 0.2) is 0 Å². The van der Waals surface area contributed by atoms with Gasteiger partial charge in [-0.3, -0.25) is 0 Å². The minimum atomic E-state index is -0.780. The molecule has 0 spiro atoms. The molecule has 2 nitrogen and oxygen atoms in total. The fraction of sp³-hybridized carbons (Fsp3) is 0.714. The number of hydrogen-bond acceptors (Lipinski definition) is 2. The van der Waals surface area contributed by atoms with Crippen LogP contribution in [0.4, 0.5) is 0 Å². The summed E-state index contributed by atoms with van der Waals surface area (Å²) in [6, 6.07) is 0. The van der Waals surface area contributed by atoms with Crippen LogP contribution < -0.4 is 21.2 Å². The summed E-state index contributed by atoms with van der Waals surface area (Å²) in [6.45, 7) is 2.14. The Morgan fingerprint density at radius 2 is 2.55 bits per heavy atom. The van der Waals surface area contributed by atoms with E-state index < -0.39 is 21.2 Å². The summed E-state index contributed by atoms with van der Waals surface area (Å²) in [5.74, 6) is 1.61. The molecule has 2 atom stereocenters. The van der Waals surface area contributed by atoms with E-state index in [0.29, 0.717) is 7.85 Å². The summed E-state index contributed by atoms with van der Waals surface area (Å²) in [4.78, 5) is 0. The van der Waals surface area contributed by atoms with Gasteiger partial charge < -0.3 is 0 Å². The molecule has 0 aliphatic carbocycles. The van der Waals surface area contributed by atoms with Crippen molar-refractivity contribution in [2.45, 2.75) is 8.86 Å². The van der Waals surface area contributed by atoms with Crippen molar-refractivity contribution in [2.75, 3.05) is 11.5 Å². The average molecular weight is 381 g/mol. The average Bonchev–Trinajstić information content (AvgIpc) is 2.04. The third kappa shape index (κ3) is 2.64. The molecule has 1 heterocycles. The zero-order valence-corrected chi connectivity index (χ0v) is 10.8. The Labute approximate surface area is 87.7 Å². The topological polar surface area (TPSA) is 26.3 Å². The van der Waals surface area contributed by atoms with Crippen molar-refractivity contribution in [1.82, 2.24) is 0 Å². The molecular formula is C7H11I2O2-. The summed E-state index contributed by atoms with van der Waals surface area (Å²) in [6.07, 6.45) is 2.13. The number of allylic oxidation sites excluding steroid dienone is 2. The summed E-state index contributed by atoms with van der Waals surface area (Å²) in [5.41, 5.74) is 0. The second-order valence-electron chi connectivity index (χ2n) is 2.41. The quantitative estimate of drug-likeness (QED) is 0.449. The summed E-state index contributed by atoms with van der Waals surface area (Å²) < 4.78 is 17.5. The molecule has 0 aromatic rings. The van der Waals surface area contributed by atoms with E-state index in [1.165, 1.54) is 0 Å². The molecule has 4 heteroatoms. The fourth-order valence-electron chi connectivity index (χ4n) is 0.928. The number of alkyl halides is 3. The molecule has 0 bridgehead atoms. The Hall–Kier alpha value is 0.800. The van der Waals surface area contributed by atoms with E-state index in [1.54, 1.807) is 7.11 Å². The number of rotatable bonds is 2. The molecule has 0 N–H and O–H groups in total. The van der Waals surface area contributed by atoms with Gasteiger partial charge in [-0.25, -0.2) is 0 Å². The molecule has 0 radical (unpaired) electrons. The van der Waals surface area contributed by atoms with Crippen LogP contribution in [-0.2, 0) is 7.81 Å². The SMILES string of the molecule is COC1=C[C@@H](C)C(I=O)[I-]C1. The van der Waals surface area contributed by atoms with E-state index in [-0.39, 0.29) is 21.2 Å². The Bertz CT molecular complexity index is 179. The Morgan fingerprint density at radius 3 is 3.00 bits per heavy atom. The van der Waals surface area contributed by atoms with Gasteiger partial charge in [0, 0.05) is 0 Å². The first-order valence-corrected chi connectivity index (χ1v) is 8.25. The van der Waals surface area contributed by atoms with Gasteiger partial charge >= 0.3 is 88.3 Å². The molecule has 66 valence electrons. The fourth-order valence-corrected chi connectivity index (χ4v) is 6.19. The minimum absolute atomic E-state index is 0.105. The van der Waals surface area contributed by atoms with Crippen molar-refractivity contribution in [3.8, 4) is 0 Å². The van der Waals surface area contributed by atoms with Crippen LogP contribution in [0.3, 0.4) is 0 Å². The maximum atomic E-state index is 10.8. The van der Waals surface area contributed by atoms with Crippen LogP contribution in [0, 0.1) is 5.92 Å². The maximum absolute atomic E-state index is 10.8. The molecule has 1 rings (SSSR count). The first-order valence-electron chi connectivity index (χ1n) is 3.36. The second-order valence-corrected chi connectivity index (χ2v) is 9.63. The van der Waals surface area contributed by atoms with Crippen molar-refractivity contribution in [2.24, 2.45) is 5.92 Å². The van der Waals surface area contributed by atoms with Gasteiger partial charge in [-0.1, -0.05) is 0 Å². The van der Waals surface area contributed by atoms with Gasteiger partial charge in [0.1, 0.15) is 0 Å². The van der Waals surface area contributed by atoms with Crippen LogP contribution in [0.1, 0.15) is 6.92 Å². The Morgan fingerprint density at radius 1 is 1.82 bits per heavy atom. The standard InChI is InChI=1S/C7H11I2O2/c1-5-3-6(11-2)4-8-7(5)9-10/h3,5,7H,4H2,1-2H3/q-1/t5-,7?/m1/s1. The zero-order chi connectivity index (χ0) is 8.27. The molecule has 1 unspecified atom stereocenters. The number of hydrogen-bond donors (Lipinski definition) is 0. The van der Waals surface area contributed by atoms with E-state index in [9.17, 15) is 3.07 Å². The first kappa shape index (κ1) is 9.88. The molecule has 0 aromatic heterocycles. The van der Waals surface area contributed by atoms with Crippen molar-refractivity contribution in [3.05, 3.63) is 11.8 Å². The zero-order valence-electron chi connectivity index (χ0n) is 6.51. The molecule has 0 saturated heterocycles. The van der Waals surface area contributed by atoms with E-state index in [2.05, 4.69) is 13.0 Å². The molecule has 0 aromatic carbocycles. The monoisotopic (exact) mass is 381 g/mol. The first-order chi connectivity index (χ1) is 5.27. The Kier molecular flexibility index (Phi) is 4.26. The van der Waals surface area contributed by atoms with Crippen molar-refractivity contribution < 1.29 is 29.0 Å². The molecule has 1 aliphatic heterocycles. The van der Waals surface area contributed by atoms with Crippen molar-refractivity contribution >= 4 is 21.2 Å². The van der Waals surface area contributed by atoms with Gasteiger partial charge in [-0.05, 0) is 0 Å². The van der Waals surface area contributed by atoms with Crippen LogP contribution in [0.15, 0.2) is 11.8 Å². The van der Waals surface area contributed by atoms with E-state index >= 15 is 0 Å². The van der Waals surface area contributed by atoms with Gasteiger partial charge in [0.25, 0.3) is 0 Å². The number of ether oxygens (including phenoxy) is 1. The molecule has 1 aliphatic rings. The Balaban J connectivity index is 2.61. The van der Waals surface area contributed by atoms with E-state index in [0.717, 1.165) is 10.2 Å². The normalized spacial score (nSPS) is 32.0. The summed E-state index contributed by atoms with van der Waals surface area (Å²) in [5, 5.41) is 0. The predicted octanol–water partition coefficient (Wildman–Crippen LogP) is -1.10. The molecule has 0 amide bonds. The molecule has 0 saturated carbocycles. The van der Waals surface area contributed by atoms with E-state index in [4.69, 9.17) is 4.74 Å². The van der Waals surface area contributed by atoms with Crippen LogP contribution in [-0.4, -0.2) is 13.5 Å². The second kappa shape index (κ2) is 4.74. The number of halogens is 2. The van der Waals surface area contributed by atoms with Gasteiger partial charge in [-0.2, -0.15) is 0 Å². The van der Waals surface area contributed by atoms with Crippen LogP contribution in [0.5, 0.6) is 0 Å². The third-order valence-corrected chi connectivity index (χ3v) is 9.86. The van der Waals surface area contributed by atoms with Crippen LogP contribution >= 0.6 is 21.2 Å². The van der Waals surface area contributed by atoms with Crippen LogP contribution in [0.2, 0.25) is 0 Å². The molecule has 11 heavy (non-hydrogen) atoms.